The summed E-state index contributed by atoms with van der Waals surface area (Å²) in [7, 11) is 3.75. The van der Waals surface area contributed by atoms with Crippen molar-refractivity contribution < 1.29 is 4.79 Å². The van der Waals surface area contributed by atoms with Crippen molar-refractivity contribution in [1.82, 2.24) is 14.6 Å². The molecule has 1 amide bonds. The maximum Gasteiger partial charge on any atom is 0.282 e. The molecule has 0 bridgehead atoms. The third kappa shape index (κ3) is 3.43. The molecule has 0 fully saturated rings. The van der Waals surface area contributed by atoms with Crippen molar-refractivity contribution in [1.29, 1.82) is 0 Å². The first kappa shape index (κ1) is 19.6. The van der Waals surface area contributed by atoms with Crippen LogP contribution in [-0.2, 0) is 4.79 Å². The van der Waals surface area contributed by atoms with E-state index in [0.29, 0.717) is 39.0 Å². The van der Waals surface area contributed by atoms with Gasteiger partial charge in [-0.05, 0) is 50.7 Å². The van der Waals surface area contributed by atoms with E-state index in [1.54, 1.807) is 41.3 Å². The number of hydrogen-bond acceptors (Lipinski definition) is 6. The van der Waals surface area contributed by atoms with E-state index < -0.39 is 0 Å². The van der Waals surface area contributed by atoms with Crippen molar-refractivity contribution in [2.24, 2.45) is 5.10 Å². The van der Waals surface area contributed by atoms with Crippen LogP contribution in [0.25, 0.3) is 10.9 Å². The van der Waals surface area contributed by atoms with Gasteiger partial charge in [0, 0.05) is 10.6 Å². The number of rotatable bonds is 4. The second kappa shape index (κ2) is 7.62. The fourth-order valence-electron chi connectivity index (χ4n) is 3.23. The van der Waals surface area contributed by atoms with Gasteiger partial charge in [0.2, 0.25) is 0 Å². The highest BCUT2D eigenvalue weighted by Crippen LogP contribution is 2.32. The predicted molar refractivity (Wildman–Crippen MR) is 117 cm³/mol. The van der Waals surface area contributed by atoms with Gasteiger partial charge in [-0.1, -0.05) is 35.5 Å². The van der Waals surface area contributed by atoms with Crippen molar-refractivity contribution in [2.45, 2.75) is 5.16 Å². The summed E-state index contributed by atoms with van der Waals surface area (Å²) in [6, 6.07) is 12.3. The fraction of sp³-hybridized carbons (Fsp3) is 0.200. The average molecular weight is 428 g/mol. The van der Waals surface area contributed by atoms with Gasteiger partial charge in [-0.15, -0.1) is 0 Å². The number of anilines is 1. The van der Waals surface area contributed by atoms with Crippen LogP contribution < -0.4 is 10.5 Å². The zero-order valence-electron chi connectivity index (χ0n) is 16.1. The second-order valence-corrected chi connectivity index (χ2v) is 8.01. The molecule has 1 aromatic heterocycles. The molecule has 0 spiro atoms. The maximum absolute atomic E-state index is 13.2. The minimum atomic E-state index is -0.324. The molecule has 2 aromatic carbocycles. The van der Waals surface area contributed by atoms with Gasteiger partial charge in [0.1, 0.15) is 0 Å². The maximum atomic E-state index is 13.2. The topological polar surface area (TPSA) is 70.8 Å². The monoisotopic (exact) mass is 427 g/mol. The van der Waals surface area contributed by atoms with Crippen LogP contribution in [0.15, 0.2) is 57.5 Å². The van der Waals surface area contributed by atoms with Crippen LogP contribution >= 0.6 is 23.4 Å². The molecule has 0 N–H and O–H groups in total. The number of carbonyl (C=O) groups excluding carboxylic acids is 1. The van der Waals surface area contributed by atoms with Gasteiger partial charge in [0.15, 0.2) is 10.9 Å². The summed E-state index contributed by atoms with van der Waals surface area (Å²) in [6.45, 7) is 0.382. The second-order valence-electron chi connectivity index (χ2n) is 6.80. The first-order chi connectivity index (χ1) is 13.9. The molecule has 2 heterocycles. The van der Waals surface area contributed by atoms with Gasteiger partial charge in [-0.25, -0.2) is 4.98 Å². The van der Waals surface area contributed by atoms with Crippen molar-refractivity contribution in [3.8, 4) is 0 Å². The Kier molecular flexibility index (Phi) is 5.16. The lowest BCUT2D eigenvalue weighted by molar-refractivity contribution is -0.112. The molecule has 29 heavy (non-hydrogen) atoms. The molecule has 0 unspecified atom stereocenters. The Morgan fingerprint density at radius 3 is 2.66 bits per heavy atom. The molecule has 9 heteroatoms. The molecule has 1 aliphatic rings. The molecular formula is C20H18ClN5O2S. The van der Waals surface area contributed by atoms with Gasteiger partial charge < -0.3 is 0 Å². The lowest BCUT2D eigenvalue weighted by Crippen LogP contribution is -2.38. The number of hydrogen-bond donors (Lipinski definition) is 0. The number of halogens is 1. The highest BCUT2D eigenvalue weighted by atomic mass is 35.5. The molecule has 7 nitrogen and oxygen atoms in total. The van der Waals surface area contributed by atoms with Crippen LogP contribution in [-0.4, -0.2) is 53.2 Å². The van der Waals surface area contributed by atoms with Crippen LogP contribution in [0.4, 0.5) is 5.69 Å². The Bertz CT molecular complexity index is 1220. The SMILES string of the molecule is CSc1nc2ccccc2c(=O)n1/N=C1\C(=O)N(CN(C)C)c2ccc(Cl)cc21. The molecular weight excluding hydrogens is 410 g/mol. The number of aromatic nitrogens is 2. The molecule has 4 rings (SSSR count). The van der Waals surface area contributed by atoms with E-state index in [0.717, 1.165) is 0 Å². The van der Waals surface area contributed by atoms with Gasteiger partial charge in [0.05, 0.1) is 23.3 Å². The third-order valence-corrected chi connectivity index (χ3v) is 5.35. The number of fused-ring (bicyclic) bond motifs is 2. The summed E-state index contributed by atoms with van der Waals surface area (Å²) < 4.78 is 1.20. The van der Waals surface area contributed by atoms with E-state index in [1.807, 2.05) is 31.3 Å². The molecule has 0 saturated heterocycles. The quantitative estimate of drug-likeness (QED) is 0.473. The van der Waals surface area contributed by atoms with Gasteiger partial charge in [0.25, 0.3) is 11.5 Å². The number of amides is 1. The summed E-state index contributed by atoms with van der Waals surface area (Å²) >= 11 is 7.47. The van der Waals surface area contributed by atoms with Crippen molar-refractivity contribution in [3.63, 3.8) is 0 Å². The van der Waals surface area contributed by atoms with Crippen molar-refractivity contribution >= 4 is 51.6 Å². The van der Waals surface area contributed by atoms with Crippen LogP contribution in [0.1, 0.15) is 5.56 Å². The summed E-state index contributed by atoms with van der Waals surface area (Å²) in [5.41, 5.74) is 1.73. The van der Waals surface area contributed by atoms with E-state index in [-0.39, 0.29) is 17.2 Å². The van der Waals surface area contributed by atoms with E-state index in [9.17, 15) is 9.59 Å². The highest BCUT2D eigenvalue weighted by molar-refractivity contribution is 7.98. The summed E-state index contributed by atoms with van der Waals surface area (Å²) in [4.78, 5) is 34.3. The Labute approximate surface area is 176 Å². The van der Waals surface area contributed by atoms with Crippen molar-refractivity contribution in [3.05, 3.63) is 63.4 Å². The Hall–Kier alpha value is -2.68. The Balaban J connectivity index is 1.95. The fourth-order valence-corrected chi connectivity index (χ4v) is 3.89. The predicted octanol–water partition coefficient (Wildman–Crippen LogP) is 2.89. The minimum Gasteiger partial charge on any atom is -0.293 e. The smallest absolute Gasteiger partial charge is 0.282 e. The average Bonchev–Trinajstić information content (AvgIpc) is 2.94. The molecule has 0 aliphatic carbocycles. The van der Waals surface area contributed by atoms with E-state index in [1.165, 1.54) is 16.4 Å². The van der Waals surface area contributed by atoms with Crippen LogP contribution in [0.3, 0.4) is 0 Å². The molecule has 1 aliphatic heterocycles. The van der Waals surface area contributed by atoms with Gasteiger partial charge >= 0.3 is 0 Å². The Morgan fingerprint density at radius 2 is 1.93 bits per heavy atom. The summed E-state index contributed by atoms with van der Waals surface area (Å²) in [6.07, 6.45) is 1.81. The first-order valence-corrected chi connectivity index (χ1v) is 10.4. The lowest BCUT2D eigenvalue weighted by atomic mass is 10.1. The third-order valence-electron chi connectivity index (χ3n) is 4.48. The van der Waals surface area contributed by atoms with E-state index in [2.05, 4.69) is 10.1 Å². The normalized spacial score (nSPS) is 15.0. The van der Waals surface area contributed by atoms with Crippen LogP contribution in [0.5, 0.6) is 0 Å². The van der Waals surface area contributed by atoms with Gasteiger partial charge in [-0.2, -0.15) is 9.78 Å². The molecule has 148 valence electrons. The number of thioether (sulfide) groups is 1. The van der Waals surface area contributed by atoms with Crippen molar-refractivity contribution in [2.75, 3.05) is 31.9 Å². The summed E-state index contributed by atoms with van der Waals surface area (Å²) in [5, 5.41) is 5.81. The first-order valence-electron chi connectivity index (χ1n) is 8.82. The van der Waals surface area contributed by atoms with E-state index >= 15 is 0 Å². The Morgan fingerprint density at radius 1 is 1.17 bits per heavy atom. The zero-order valence-corrected chi connectivity index (χ0v) is 17.7. The molecule has 0 atom stereocenters. The van der Waals surface area contributed by atoms with E-state index in [4.69, 9.17) is 11.6 Å². The largest absolute Gasteiger partial charge is 0.293 e. The number of nitrogens with zero attached hydrogens (tertiary/aromatic N) is 5. The highest BCUT2D eigenvalue weighted by Gasteiger charge is 2.35. The van der Waals surface area contributed by atoms with Crippen LogP contribution in [0, 0.1) is 0 Å². The standard InChI is InChI=1S/C20H18ClN5O2S/c1-24(2)11-25-16-9-8-12(21)10-14(16)17(19(25)28)23-26-18(27)13-6-4-5-7-15(13)22-20(26)29-3/h4-10H,11H2,1-3H3/b23-17-. The number of carbonyl (C=O) groups is 1. The lowest BCUT2D eigenvalue weighted by Gasteiger charge is -2.21. The van der Waals surface area contributed by atoms with Gasteiger partial charge in [-0.3, -0.25) is 19.4 Å². The minimum absolute atomic E-state index is 0.166. The molecule has 0 saturated carbocycles. The summed E-state index contributed by atoms with van der Waals surface area (Å²) in [5.74, 6) is -0.289. The molecule has 0 radical (unpaired) electrons. The van der Waals surface area contributed by atoms with Crippen LogP contribution in [0.2, 0.25) is 5.02 Å². The number of benzene rings is 2. The molecule has 3 aromatic rings. The zero-order chi connectivity index (χ0) is 20.7. The number of para-hydroxylation sites is 1.